The number of hydrogen-bond acceptors (Lipinski definition) is 6. The predicted molar refractivity (Wildman–Crippen MR) is 256 cm³/mol. The van der Waals surface area contributed by atoms with Crippen LogP contribution in [-0.4, -0.2) is 66.2 Å². The Bertz CT molecular complexity index is 3180. The molecule has 1 unspecified atom stereocenters. The Balaban J connectivity index is 1.01. The number of carboxylic acids is 2. The van der Waals surface area contributed by atoms with Gasteiger partial charge in [-0.15, -0.1) is 0 Å². The van der Waals surface area contributed by atoms with Crippen LogP contribution in [0.1, 0.15) is 66.4 Å². The third-order valence-electron chi connectivity index (χ3n) is 13.3. The zero-order valence-corrected chi connectivity index (χ0v) is 39.5. The molecule has 0 bridgehead atoms. The van der Waals surface area contributed by atoms with E-state index in [0.29, 0.717) is 75.3 Å². The molecule has 0 spiro atoms. The summed E-state index contributed by atoms with van der Waals surface area (Å²) in [5.74, 6) is -12.7. The van der Waals surface area contributed by atoms with Crippen molar-refractivity contribution in [2.24, 2.45) is 0 Å². The predicted octanol–water partition coefficient (Wildman–Crippen LogP) is 10.7. The van der Waals surface area contributed by atoms with Crippen LogP contribution in [0.2, 0.25) is 15.1 Å². The van der Waals surface area contributed by atoms with Crippen molar-refractivity contribution in [2.75, 3.05) is 29.9 Å². The molecule has 2 amide bonds. The number of hydrogen-bond donors (Lipinski definition) is 4. The summed E-state index contributed by atoms with van der Waals surface area (Å²) in [7, 11) is 1.82. The van der Waals surface area contributed by atoms with Crippen molar-refractivity contribution in [3.8, 4) is 22.3 Å². The Hall–Kier alpha value is -6.75. The maximum absolute atomic E-state index is 16.3. The number of carboxylic acid groups (broad SMARTS) is 2. The van der Waals surface area contributed by atoms with E-state index in [4.69, 9.17) is 34.8 Å². The first-order valence-electron chi connectivity index (χ1n) is 22.2. The maximum atomic E-state index is 16.3. The van der Waals surface area contributed by atoms with Gasteiger partial charge in [0.25, 0.3) is 11.8 Å². The van der Waals surface area contributed by atoms with Crippen molar-refractivity contribution in [2.45, 2.75) is 56.7 Å². The molecule has 3 atom stereocenters. The van der Waals surface area contributed by atoms with E-state index >= 15 is 8.78 Å². The Labute approximate surface area is 416 Å². The standard InChI is InChI=1S/C52H39Cl3F6N4O6/c1-64-11-3-4-30-23(7-10-32(47(30)64)44-35(54)19-29(57)20-36(44)55)16-41(51(68)69)63-50(67)46-39(60)14-25(15-40(46)61)26-13-33-24(17-42(52(70)71)62-49(66)45-37(58)5-2-6-38(45)59)8-9-31-43-27(12-28(56)18-34(43)53)22-65(21-26)48(31)33/h2,5-10,12,14-15,18-20,26,41-42H,3-4,11,13,16-17,21-22H2,1H3,(H,62,66)(H,63,67)(H,68,69)(H,70,71)/t26?,41-,42-/m0/s1. The van der Waals surface area contributed by atoms with Crippen molar-refractivity contribution < 1.29 is 55.7 Å². The number of carbonyl (C=O) groups excluding carboxylic acids is 2. The highest BCUT2D eigenvalue weighted by Gasteiger charge is 2.37. The Kier molecular flexibility index (Phi) is 13.5. The zero-order valence-electron chi connectivity index (χ0n) is 37.2. The fraction of sp³-hybridized carbons (Fsp3) is 0.231. The summed E-state index contributed by atoms with van der Waals surface area (Å²) >= 11 is 19.5. The largest absolute Gasteiger partial charge is 0.480 e. The number of amides is 2. The van der Waals surface area contributed by atoms with Gasteiger partial charge in [-0.25, -0.2) is 35.9 Å². The first-order chi connectivity index (χ1) is 33.8. The van der Waals surface area contributed by atoms with Crippen molar-refractivity contribution in [3.05, 3.63) is 173 Å². The summed E-state index contributed by atoms with van der Waals surface area (Å²) < 4.78 is 90.7. The minimum Gasteiger partial charge on any atom is -0.480 e. The summed E-state index contributed by atoms with van der Waals surface area (Å²) in [5, 5.41) is 25.3. The lowest BCUT2D eigenvalue weighted by molar-refractivity contribution is -0.140. The number of halogens is 9. The first-order valence-corrected chi connectivity index (χ1v) is 23.3. The van der Waals surface area contributed by atoms with E-state index in [0.717, 1.165) is 54.1 Å². The Morgan fingerprint density at radius 3 is 1.73 bits per heavy atom. The van der Waals surface area contributed by atoms with Gasteiger partial charge in [-0.2, -0.15) is 0 Å². The molecule has 6 aromatic rings. The van der Waals surface area contributed by atoms with Crippen LogP contribution < -0.4 is 20.4 Å². The Morgan fingerprint density at radius 1 is 0.662 bits per heavy atom. The SMILES string of the molecule is CN1CCCc2c(C[C@H](NC(=O)c3c(F)cc(C4Cc5c(C[C@H](NC(=O)c6c(F)cccc6F)C(=O)O)ccc6c5N(Cc5cc(F)cc(Cl)c5-6)C4)cc3F)C(=O)O)ccc(-c3c(Cl)cc(F)cc3Cl)c21. The molecule has 0 fully saturated rings. The van der Waals surface area contributed by atoms with E-state index in [1.165, 1.54) is 6.07 Å². The molecule has 19 heteroatoms. The summed E-state index contributed by atoms with van der Waals surface area (Å²) in [4.78, 5) is 55.9. The fourth-order valence-electron chi connectivity index (χ4n) is 10.2. The van der Waals surface area contributed by atoms with Crippen LogP contribution in [0.3, 0.4) is 0 Å². The third kappa shape index (κ3) is 9.36. The number of anilines is 2. The lowest BCUT2D eigenvalue weighted by Crippen LogP contribution is -2.43. The summed E-state index contributed by atoms with van der Waals surface area (Å²) in [5.41, 5.74) is 3.90. The molecule has 71 heavy (non-hydrogen) atoms. The number of fused-ring (bicyclic) bond motifs is 3. The summed E-state index contributed by atoms with van der Waals surface area (Å²) in [6.45, 7) is 0.777. The molecule has 0 saturated carbocycles. The van der Waals surface area contributed by atoms with Gasteiger partial charge in [0.05, 0.1) is 15.1 Å². The van der Waals surface area contributed by atoms with E-state index in [1.54, 1.807) is 24.3 Å². The van der Waals surface area contributed by atoms with Gasteiger partial charge in [-0.05, 0) is 101 Å². The normalized spacial score (nSPS) is 15.5. The van der Waals surface area contributed by atoms with E-state index in [-0.39, 0.29) is 46.6 Å². The van der Waals surface area contributed by atoms with E-state index < -0.39 is 94.2 Å². The van der Waals surface area contributed by atoms with Crippen LogP contribution in [0.4, 0.5) is 37.7 Å². The molecule has 3 heterocycles. The highest BCUT2D eigenvalue weighted by Crippen LogP contribution is 2.50. The van der Waals surface area contributed by atoms with Crippen LogP contribution in [0.15, 0.2) is 78.9 Å². The second-order valence-corrected chi connectivity index (χ2v) is 19.0. The van der Waals surface area contributed by atoms with E-state index in [9.17, 15) is 47.0 Å². The lowest BCUT2D eigenvalue weighted by Gasteiger charge is -2.42. The van der Waals surface area contributed by atoms with Gasteiger partial charge in [0.1, 0.15) is 58.1 Å². The number of benzene rings is 6. The Morgan fingerprint density at radius 2 is 1.17 bits per heavy atom. The van der Waals surface area contributed by atoms with Crippen molar-refractivity contribution in [1.29, 1.82) is 0 Å². The van der Waals surface area contributed by atoms with Gasteiger partial charge in [-0.1, -0.05) is 65.1 Å². The van der Waals surface area contributed by atoms with Gasteiger partial charge in [0.15, 0.2) is 0 Å². The van der Waals surface area contributed by atoms with Crippen LogP contribution in [0, 0.1) is 34.9 Å². The minimum atomic E-state index is -1.72. The average molecular weight is 1040 g/mol. The molecule has 0 aromatic heterocycles. The molecule has 4 N–H and O–H groups in total. The number of nitrogens with zero attached hydrogens (tertiary/aromatic N) is 2. The molecule has 0 radical (unpaired) electrons. The molecule has 0 saturated heterocycles. The molecule has 9 rings (SSSR count). The molecular formula is C52H39Cl3F6N4O6. The van der Waals surface area contributed by atoms with Crippen molar-refractivity contribution in [3.63, 3.8) is 0 Å². The fourth-order valence-corrected chi connectivity index (χ4v) is 11.2. The van der Waals surface area contributed by atoms with Crippen LogP contribution >= 0.6 is 34.8 Å². The summed E-state index contributed by atoms with van der Waals surface area (Å²) in [6.07, 6.45) is 0.522. The molecule has 366 valence electrons. The van der Waals surface area contributed by atoms with Crippen molar-refractivity contribution in [1.82, 2.24) is 10.6 Å². The van der Waals surface area contributed by atoms with Crippen LogP contribution in [0.5, 0.6) is 0 Å². The topological polar surface area (TPSA) is 139 Å². The molecule has 10 nitrogen and oxygen atoms in total. The zero-order chi connectivity index (χ0) is 50.7. The first kappa shape index (κ1) is 49.2. The maximum Gasteiger partial charge on any atom is 0.326 e. The number of rotatable bonds is 12. The van der Waals surface area contributed by atoms with E-state index in [2.05, 4.69) is 10.6 Å². The number of carbonyl (C=O) groups is 4. The number of aliphatic carboxylic acids is 2. The number of nitrogens with one attached hydrogen (secondary N) is 2. The molecule has 6 aromatic carbocycles. The monoisotopic (exact) mass is 1030 g/mol. The second kappa shape index (κ2) is 19.5. The van der Waals surface area contributed by atoms with Gasteiger partial charge in [0, 0.05) is 79.1 Å². The van der Waals surface area contributed by atoms with E-state index in [1.807, 2.05) is 16.8 Å². The van der Waals surface area contributed by atoms with Gasteiger partial charge in [0.2, 0.25) is 0 Å². The molecule has 3 aliphatic heterocycles. The average Bonchev–Trinajstić information content (AvgIpc) is 3.28. The van der Waals surface area contributed by atoms with Gasteiger partial charge in [-0.3, -0.25) is 9.59 Å². The quantitative estimate of drug-likeness (QED) is 0.0889. The van der Waals surface area contributed by atoms with Crippen LogP contribution in [-0.2, 0) is 41.8 Å². The van der Waals surface area contributed by atoms with Gasteiger partial charge >= 0.3 is 11.9 Å². The third-order valence-corrected chi connectivity index (χ3v) is 14.2. The lowest BCUT2D eigenvalue weighted by atomic mass is 9.79. The molecule has 0 aliphatic carbocycles. The second-order valence-electron chi connectivity index (χ2n) is 17.8. The highest BCUT2D eigenvalue weighted by molar-refractivity contribution is 6.39. The smallest absolute Gasteiger partial charge is 0.326 e. The summed E-state index contributed by atoms with van der Waals surface area (Å²) in [6, 6.07) is 12.5. The minimum absolute atomic E-state index is 0.0226. The van der Waals surface area contributed by atoms with Crippen LogP contribution in [0.25, 0.3) is 22.3 Å². The molecule has 3 aliphatic rings. The molecular weight excluding hydrogens is 997 g/mol. The highest BCUT2D eigenvalue weighted by atomic mass is 35.5. The van der Waals surface area contributed by atoms with Gasteiger partial charge < -0.3 is 30.6 Å². The van der Waals surface area contributed by atoms with Crippen molar-refractivity contribution >= 4 is 69.9 Å².